The van der Waals surface area contributed by atoms with Crippen molar-refractivity contribution in [1.82, 2.24) is 0 Å². The molecule has 0 amide bonds. The van der Waals surface area contributed by atoms with E-state index >= 15 is 0 Å². The van der Waals surface area contributed by atoms with Crippen molar-refractivity contribution in [3.8, 4) is 11.5 Å². The molecule has 2 aromatic rings. The molecular formula is C16H20N2O4Zn+2. The minimum absolute atomic E-state index is 0. The van der Waals surface area contributed by atoms with E-state index in [2.05, 4.69) is 0 Å². The molecule has 0 unspecified atom stereocenters. The molecule has 0 atom stereocenters. The molecule has 0 saturated heterocycles. The predicted molar refractivity (Wildman–Crippen MR) is 88.8 cm³/mol. The Morgan fingerprint density at radius 3 is 1.22 bits per heavy atom. The summed E-state index contributed by atoms with van der Waals surface area (Å²) >= 11 is 0. The Balaban J connectivity index is 0. The summed E-state index contributed by atoms with van der Waals surface area (Å²) in [6.07, 6.45) is 1.74. The van der Waals surface area contributed by atoms with Gasteiger partial charge < -0.3 is 21.7 Å². The fraction of sp³-hybridized carbons (Fsp3) is 0.125. The van der Waals surface area contributed by atoms with Crippen LogP contribution >= 0.6 is 0 Å². The van der Waals surface area contributed by atoms with Crippen LogP contribution in [0.25, 0.3) is 11.5 Å². The van der Waals surface area contributed by atoms with Crippen LogP contribution in [0.2, 0.25) is 0 Å². The van der Waals surface area contributed by atoms with Gasteiger partial charge in [-0.3, -0.25) is 9.59 Å². The minimum atomic E-state index is 0. The minimum Gasteiger partial charge on any atom is -0.679 e. The van der Waals surface area contributed by atoms with Crippen molar-refractivity contribution in [2.24, 2.45) is 0 Å². The number of carbonyl (C=O) groups excluding carboxylic acids is 2. The molecule has 0 aliphatic heterocycles. The third-order valence-corrected chi connectivity index (χ3v) is 2.28. The van der Waals surface area contributed by atoms with Crippen LogP contribution in [0.15, 0.2) is 48.5 Å². The number of hydrogen-bond donors (Lipinski definition) is 2. The number of phenolic OH excluding ortho intramolecular Hbond substituents is 2. The monoisotopic (exact) mass is 368 g/mol. The Hall–Kier alpha value is -2.08. The molecule has 0 spiro atoms. The van der Waals surface area contributed by atoms with Crippen molar-refractivity contribution in [2.75, 3.05) is 13.1 Å². The summed E-state index contributed by atoms with van der Waals surface area (Å²) in [5.74, 6) is 0.194. The van der Waals surface area contributed by atoms with Gasteiger partial charge in [-0.25, -0.2) is 0 Å². The van der Waals surface area contributed by atoms with Gasteiger partial charge in [0.05, 0.1) is 0 Å². The zero-order valence-electron chi connectivity index (χ0n) is 12.7. The van der Waals surface area contributed by atoms with Crippen LogP contribution < -0.4 is 0 Å². The average molecular weight is 370 g/mol. The molecule has 0 aliphatic rings. The molecule has 0 aliphatic carbocycles. The van der Waals surface area contributed by atoms with Crippen molar-refractivity contribution in [1.29, 1.82) is 0 Å². The van der Waals surface area contributed by atoms with E-state index in [9.17, 15) is 0 Å². The molecule has 23 heavy (non-hydrogen) atoms. The van der Waals surface area contributed by atoms with Crippen molar-refractivity contribution in [3.63, 3.8) is 0 Å². The average Bonchev–Trinajstić information content (AvgIpc) is 2.56. The summed E-state index contributed by atoms with van der Waals surface area (Å²) in [5.41, 5.74) is 13.4. The number of phenols is 2. The Morgan fingerprint density at radius 2 is 1.04 bits per heavy atom. The van der Waals surface area contributed by atoms with Gasteiger partial charge in [0.15, 0.2) is 0 Å². The maximum atomic E-state index is 8.92. The predicted octanol–water partition coefficient (Wildman–Crippen LogP) is 2.92. The summed E-state index contributed by atoms with van der Waals surface area (Å²) in [4.78, 5) is 16.9. The van der Waals surface area contributed by atoms with E-state index in [0.717, 1.165) is 12.6 Å². The molecule has 2 aromatic carbocycles. The van der Waals surface area contributed by atoms with Crippen LogP contribution in [0, 0.1) is 0 Å². The molecule has 0 heterocycles. The zero-order chi connectivity index (χ0) is 16.8. The van der Waals surface area contributed by atoms with Gasteiger partial charge in [0.25, 0.3) is 0 Å². The molecule has 118 valence electrons. The molecule has 6 N–H and O–H groups in total. The van der Waals surface area contributed by atoms with E-state index in [1.807, 2.05) is 0 Å². The first-order chi connectivity index (χ1) is 10.6. The third kappa shape index (κ3) is 10.3. The van der Waals surface area contributed by atoms with Crippen molar-refractivity contribution < 1.29 is 39.3 Å². The summed E-state index contributed by atoms with van der Waals surface area (Å²) < 4.78 is 0. The Morgan fingerprint density at radius 1 is 0.739 bits per heavy atom. The van der Waals surface area contributed by atoms with E-state index < -0.39 is 0 Å². The second-order valence-electron chi connectivity index (χ2n) is 3.88. The number of para-hydroxylation sites is 2. The summed E-state index contributed by atoms with van der Waals surface area (Å²) in [6.45, 7) is 0.472. The number of hydrogen-bond acceptors (Lipinski definition) is 2. The Kier molecular flexibility index (Phi) is 15.0. The van der Waals surface area contributed by atoms with Crippen molar-refractivity contribution in [3.05, 3.63) is 71.1 Å². The maximum Gasteiger partial charge on any atom is 2.00 e. The molecule has 0 aromatic heterocycles. The summed E-state index contributed by atoms with van der Waals surface area (Å²) in [6, 6.07) is 13.1. The maximum absolute atomic E-state index is 8.92. The van der Waals surface area contributed by atoms with E-state index in [0.29, 0.717) is 11.1 Å². The SMILES string of the molecule is Oc1ccccc1C=[OH+].Oc1ccccc1C=[OH+].[NH-]CC[NH-].[Zn+2]. The second kappa shape index (κ2) is 14.8. The van der Waals surface area contributed by atoms with Gasteiger partial charge in [0, 0.05) is 0 Å². The first-order valence-corrected chi connectivity index (χ1v) is 6.40. The van der Waals surface area contributed by atoms with Crippen LogP contribution in [-0.4, -0.2) is 45.5 Å². The van der Waals surface area contributed by atoms with Crippen molar-refractivity contribution in [2.45, 2.75) is 0 Å². The Labute approximate surface area is 147 Å². The number of rotatable bonds is 3. The van der Waals surface area contributed by atoms with E-state index in [-0.39, 0.29) is 44.1 Å². The first kappa shape index (κ1) is 23.2. The molecule has 6 nitrogen and oxygen atoms in total. The normalized spacial score (nSPS) is 8.26. The Bertz CT molecular complexity index is 528. The molecular weight excluding hydrogens is 350 g/mol. The van der Waals surface area contributed by atoms with Crippen LogP contribution in [-0.2, 0) is 19.5 Å². The van der Waals surface area contributed by atoms with Crippen LogP contribution in [0.4, 0.5) is 0 Å². The third-order valence-electron chi connectivity index (χ3n) is 2.28. The van der Waals surface area contributed by atoms with Gasteiger partial charge in [-0.2, -0.15) is 13.1 Å². The number of aromatic hydroxyl groups is 2. The van der Waals surface area contributed by atoms with Crippen LogP contribution in [0.1, 0.15) is 11.1 Å². The van der Waals surface area contributed by atoms with Gasteiger partial charge in [0.2, 0.25) is 0 Å². The summed E-state index contributed by atoms with van der Waals surface area (Å²) in [7, 11) is 0. The standard InChI is InChI=1S/2C7H6O2.C2H6N2.Zn/c2*8-5-6-3-1-2-4-7(6)9;3-1-2-4;/h2*1-5,9H;3-4H,1-2H2;/q;;-2;+2/p+2. The van der Waals surface area contributed by atoms with Gasteiger partial charge in [-0.1, -0.05) is 24.3 Å². The fourth-order valence-corrected chi connectivity index (χ4v) is 1.19. The number of benzene rings is 2. The second-order valence-corrected chi connectivity index (χ2v) is 3.88. The first-order valence-electron chi connectivity index (χ1n) is 6.40. The smallest absolute Gasteiger partial charge is 0.679 e. The van der Waals surface area contributed by atoms with Gasteiger partial charge in [-0.05, 0) is 24.3 Å². The quantitative estimate of drug-likeness (QED) is 0.489. The zero-order valence-corrected chi connectivity index (χ0v) is 15.7. The molecule has 0 bridgehead atoms. The topological polar surface area (TPSA) is 131 Å². The molecule has 0 fully saturated rings. The molecule has 7 heteroatoms. The van der Waals surface area contributed by atoms with Gasteiger partial charge in [-0.15, -0.1) is 0 Å². The van der Waals surface area contributed by atoms with E-state index in [4.69, 9.17) is 31.3 Å². The van der Waals surface area contributed by atoms with E-state index in [1.54, 1.807) is 36.4 Å². The number of nitrogens with one attached hydrogen (secondary N) is 2. The van der Waals surface area contributed by atoms with E-state index in [1.165, 1.54) is 12.1 Å². The van der Waals surface area contributed by atoms with Gasteiger partial charge in [0.1, 0.15) is 22.6 Å². The van der Waals surface area contributed by atoms with Crippen LogP contribution in [0.3, 0.4) is 0 Å². The molecule has 0 radical (unpaired) electrons. The van der Waals surface area contributed by atoms with Crippen molar-refractivity contribution >= 4 is 12.6 Å². The summed E-state index contributed by atoms with van der Waals surface area (Å²) in [5, 5.41) is 17.8. The molecule has 2 rings (SSSR count). The molecule has 0 saturated carbocycles. The fourth-order valence-electron chi connectivity index (χ4n) is 1.19. The van der Waals surface area contributed by atoms with Crippen LogP contribution in [0.5, 0.6) is 11.5 Å². The number of aldehydes is 2. The largest absolute Gasteiger partial charge is 2.00 e. The van der Waals surface area contributed by atoms with Gasteiger partial charge >= 0.3 is 32.1 Å².